The Morgan fingerprint density at radius 1 is 1.29 bits per heavy atom. The molecule has 0 unspecified atom stereocenters. The summed E-state index contributed by atoms with van der Waals surface area (Å²) in [5, 5.41) is 0. The third kappa shape index (κ3) is 1.27. The van der Waals surface area contributed by atoms with E-state index in [0.717, 1.165) is 5.82 Å². The van der Waals surface area contributed by atoms with Gasteiger partial charge in [-0.15, -0.1) is 4.68 Å². The Kier molecular flexibility index (Phi) is 2.00. The first kappa shape index (κ1) is 8.81. The molecular formula is C11H14N3+. The topological polar surface area (TPSA) is 34.8 Å². The van der Waals surface area contributed by atoms with E-state index in [-0.39, 0.29) is 0 Å². The van der Waals surface area contributed by atoms with Crippen molar-refractivity contribution in [3.05, 3.63) is 42.2 Å². The zero-order valence-corrected chi connectivity index (χ0v) is 8.44. The molecule has 0 amide bonds. The van der Waals surface area contributed by atoms with Crippen molar-refractivity contribution in [2.75, 3.05) is 5.84 Å². The number of benzene rings is 1. The number of hydrogen-bond donors (Lipinski definition) is 1. The summed E-state index contributed by atoms with van der Waals surface area (Å²) in [5.41, 5.74) is 2.40. The molecule has 0 aliphatic rings. The molecule has 72 valence electrons. The quantitative estimate of drug-likeness (QED) is 0.526. The molecule has 0 saturated heterocycles. The summed E-state index contributed by atoms with van der Waals surface area (Å²) in [6, 6.07) is 8.22. The first-order chi connectivity index (χ1) is 6.70. The highest BCUT2D eigenvalue weighted by Crippen LogP contribution is 2.18. The van der Waals surface area contributed by atoms with Crippen LogP contribution in [0, 0.1) is 6.92 Å². The average Bonchev–Trinajstić information content (AvgIpc) is 2.48. The molecule has 1 aromatic carbocycles. The van der Waals surface area contributed by atoms with Crippen LogP contribution in [0.3, 0.4) is 0 Å². The lowest BCUT2D eigenvalue weighted by Crippen LogP contribution is -2.30. The van der Waals surface area contributed by atoms with Crippen LogP contribution in [-0.4, -0.2) is 4.68 Å². The second-order valence-corrected chi connectivity index (χ2v) is 3.45. The molecule has 3 heteroatoms. The van der Waals surface area contributed by atoms with E-state index in [1.54, 1.807) is 4.68 Å². The molecule has 0 spiro atoms. The molecule has 2 rings (SSSR count). The molecule has 1 heterocycles. The van der Waals surface area contributed by atoms with Gasteiger partial charge in [-0.3, -0.25) is 5.84 Å². The molecule has 0 aliphatic carbocycles. The van der Waals surface area contributed by atoms with Crippen molar-refractivity contribution in [3.63, 3.8) is 0 Å². The molecule has 2 aromatic rings. The summed E-state index contributed by atoms with van der Waals surface area (Å²) in [4.78, 5) is 0. The third-order valence-electron chi connectivity index (χ3n) is 2.42. The highest BCUT2D eigenvalue weighted by atomic mass is 15.3. The number of aryl methyl sites for hydroxylation is 2. The van der Waals surface area contributed by atoms with E-state index in [1.165, 1.54) is 11.1 Å². The highest BCUT2D eigenvalue weighted by molar-refractivity contribution is 5.57. The first-order valence-electron chi connectivity index (χ1n) is 4.58. The number of nitrogens with zero attached hydrogens (tertiary/aromatic N) is 2. The van der Waals surface area contributed by atoms with E-state index in [9.17, 15) is 0 Å². The molecule has 0 saturated carbocycles. The van der Waals surface area contributed by atoms with E-state index in [2.05, 4.69) is 19.1 Å². The molecule has 0 fully saturated rings. The van der Waals surface area contributed by atoms with E-state index >= 15 is 0 Å². The summed E-state index contributed by atoms with van der Waals surface area (Å²) in [6.07, 6.45) is 3.80. The molecule has 0 bridgehead atoms. The van der Waals surface area contributed by atoms with Gasteiger partial charge < -0.3 is 0 Å². The number of rotatable bonds is 1. The lowest BCUT2D eigenvalue weighted by molar-refractivity contribution is -0.659. The smallest absolute Gasteiger partial charge is 0.269 e. The van der Waals surface area contributed by atoms with Gasteiger partial charge >= 0.3 is 5.82 Å². The van der Waals surface area contributed by atoms with E-state index in [0.29, 0.717) is 0 Å². The van der Waals surface area contributed by atoms with Gasteiger partial charge in [0.15, 0.2) is 6.20 Å². The van der Waals surface area contributed by atoms with Gasteiger partial charge in [-0.2, -0.15) is 0 Å². The molecule has 1 aromatic heterocycles. The van der Waals surface area contributed by atoms with Gasteiger partial charge in [0, 0.05) is 0 Å². The van der Waals surface area contributed by atoms with Gasteiger partial charge in [-0.1, -0.05) is 18.2 Å². The van der Waals surface area contributed by atoms with E-state index in [1.807, 2.05) is 36.1 Å². The Labute approximate surface area is 83.4 Å². The van der Waals surface area contributed by atoms with Crippen LogP contribution >= 0.6 is 0 Å². The predicted molar refractivity (Wildman–Crippen MR) is 55.9 cm³/mol. The van der Waals surface area contributed by atoms with Crippen LogP contribution in [-0.2, 0) is 7.05 Å². The summed E-state index contributed by atoms with van der Waals surface area (Å²) >= 11 is 0. The zero-order chi connectivity index (χ0) is 10.1. The zero-order valence-electron chi connectivity index (χ0n) is 8.44. The van der Waals surface area contributed by atoms with Crippen molar-refractivity contribution in [1.29, 1.82) is 0 Å². The largest absolute Gasteiger partial charge is 0.312 e. The van der Waals surface area contributed by atoms with Crippen LogP contribution in [0.25, 0.3) is 11.4 Å². The van der Waals surface area contributed by atoms with Gasteiger partial charge in [0.05, 0.1) is 12.6 Å². The van der Waals surface area contributed by atoms with E-state index < -0.39 is 0 Å². The van der Waals surface area contributed by atoms with E-state index in [4.69, 9.17) is 5.84 Å². The fourth-order valence-electron chi connectivity index (χ4n) is 1.65. The Morgan fingerprint density at radius 2 is 2.00 bits per heavy atom. The highest BCUT2D eigenvalue weighted by Gasteiger charge is 2.16. The summed E-state index contributed by atoms with van der Waals surface area (Å²) in [6.45, 7) is 2.09. The number of imidazole rings is 1. The van der Waals surface area contributed by atoms with Crippen molar-refractivity contribution in [1.82, 2.24) is 4.68 Å². The third-order valence-corrected chi connectivity index (χ3v) is 2.42. The Morgan fingerprint density at radius 3 is 2.57 bits per heavy atom. The van der Waals surface area contributed by atoms with Crippen LogP contribution in [0.4, 0.5) is 0 Å². The van der Waals surface area contributed by atoms with Crippen LogP contribution in [0.15, 0.2) is 36.7 Å². The van der Waals surface area contributed by atoms with Gasteiger partial charge in [-0.25, -0.2) is 4.57 Å². The van der Waals surface area contributed by atoms with Crippen molar-refractivity contribution in [3.8, 4) is 11.4 Å². The predicted octanol–water partition coefficient (Wildman–Crippen LogP) is 1.00. The summed E-state index contributed by atoms with van der Waals surface area (Å²) in [5.74, 6) is 6.85. The number of nitrogens with two attached hydrogens (primary N) is 1. The Hall–Kier alpha value is -1.77. The van der Waals surface area contributed by atoms with Crippen LogP contribution < -0.4 is 10.4 Å². The number of aromatic nitrogens is 2. The van der Waals surface area contributed by atoms with Crippen molar-refractivity contribution < 1.29 is 4.57 Å². The van der Waals surface area contributed by atoms with Gasteiger partial charge in [0.1, 0.15) is 6.20 Å². The lowest BCUT2D eigenvalue weighted by atomic mass is 10.1. The molecule has 0 aliphatic heterocycles. The SMILES string of the molecule is Cc1ccccc1-c1n(N)cc[n+]1C. The normalized spacial score (nSPS) is 10.4. The molecular weight excluding hydrogens is 174 g/mol. The standard InChI is InChI=1S/C11H14N3/c1-9-5-3-4-6-10(9)11-13(2)7-8-14(11)12/h3-8H,12H2,1-2H3/q+1. The fourth-order valence-corrected chi connectivity index (χ4v) is 1.65. The summed E-state index contributed by atoms with van der Waals surface area (Å²) in [7, 11) is 1.99. The minimum absolute atomic E-state index is 1.02. The molecule has 0 radical (unpaired) electrons. The summed E-state index contributed by atoms with van der Waals surface area (Å²) < 4.78 is 3.66. The van der Waals surface area contributed by atoms with Gasteiger partial charge in [-0.05, 0) is 18.6 Å². The number of hydrogen-bond acceptors (Lipinski definition) is 1. The van der Waals surface area contributed by atoms with Crippen LogP contribution in [0.1, 0.15) is 5.56 Å². The monoisotopic (exact) mass is 188 g/mol. The maximum atomic E-state index is 5.84. The van der Waals surface area contributed by atoms with Crippen molar-refractivity contribution in [2.24, 2.45) is 7.05 Å². The van der Waals surface area contributed by atoms with Crippen molar-refractivity contribution >= 4 is 0 Å². The number of nitrogen functional groups attached to an aromatic ring is 1. The van der Waals surface area contributed by atoms with Gasteiger partial charge in [0.25, 0.3) is 0 Å². The molecule has 2 N–H and O–H groups in total. The Balaban J connectivity index is 2.66. The second-order valence-electron chi connectivity index (χ2n) is 3.45. The molecule has 0 atom stereocenters. The average molecular weight is 188 g/mol. The van der Waals surface area contributed by atoms with Crippen molar-refractivity contribution in [2.45, 2.75) is 6.92 Å². The van der Waals surface area contributed by atoms with Crippen LogP contribution in [0.2, 0.25) is 0 Å². The molecule has 14 heavy (non-hydrogen) atoms. The minimum atomic E-state index is 1.02. The second kappa shape index (κ2) is 3.18. The fraction of sp³-hybridized carbons (Fsp3) is 0.182. The first-order valence-corrected chi connectivity index (χ1v) is 4.58. The minimum Gasteiger partial charge on any atom is -0.269 e. The maximum absolute atomic E-state index is 5.84. The maximum Gasteiger partial charge on any atom is 0.312 e. The lowest BCUT2D eigenvalue weighted by Gasteiger charge is -2.01. The Bertz CT molecular complexity index is 438. The molecule has 3 nitrogen and oxygen atoms in total. The van der Waals surface area contributed by atoms with Crippen LogP contribution in [0.5, 0.6) is 0 Å². The van der Waals surface area contributed by atoms with Gasteiger partial charge in [0.2, 0.25) is 0 Å².